The molecule has 0 heterocycles. The standard InChI is InChI=1S/C19H21Cl2N3O2/c1-12-5-4-6-13(2)19(12)23-18(26)11-24(3)10-17(25)22-16-8-7-14(20)9-15(16)21/h4-9H,10-11H2,1-3H3,(H,22,25)(H,23,26)/p+1. The molecule has 5 nitrogen and oxygen atoms in total. The average molecular weight is 395 g/mol. The maximum Gasteiger partial charge on any atom is 0.279 e. The van der Waals surface area contributed by atoms with Crippen LogP contribution in [0.2, 0.25) is 10.0 Å². The fraction of sp³-hybridized carbons (Fsp3) is 0.263. The third kappa shape index (κ3) is 5.73. The van der Waals surface area contributed by atoms with Crippen LogP contribution in [0, 0.1) is 13.8 Å². The van der Waals surface area contributed by atoms with E-state index >= 15 is 0 Å². The third-order valence-corrected chi connectivity index (χ3v) is 4.42. The van der Waals surface area contributed by atoms with Crippen LogP contribution in [0.3, 0.4) is 0 Å². The molecule has 0 aliphatic carbocycles. The molecular weight excluding hydrogens is 373 g/mol. The Morgan fingerprint density at radius 2 is 1.54 bits per heavy atom. The second-order valence-corrected chi connectivity index (χ2v) is 7.14. The number of amides is 2. The van der Waals surface area contributed by atoms with E-state index in [9.17, 15) is 9.59 Å². The summed E-state index contributed by atoms with van der Waals surface area (Å²) in [6.07, 6.45) is 0. The van der Waals surface area contributed by atoms with E-state index in [2.05, 4.69) is 10.6 Å². The van der Waals surface area contributed by atoms with Gasteiger partial charge in [0.15, 0.2) is 13.1 Å². The Bertz CT molecular complexity index is 804. The van der Waals surface area contributed by atoms with Gasteiger partial charge in [0, 0.05) is 10.7 Å². The van der Waals surface area contributed by atoms with Gasteiger partial charge in [-0.1, -0.05) is 41.4 Å². The molecule has 0 radical (unpaired) electrons. The average Bonchev–Trinajstić information content (AvgIpc) is 2.53. The van der Waals surface area contributed by atoms with E-state index < -0.39 is 0 Å². The number of para-hydroxylation sites is 1. The van der Waals surface area contributed by atoms with Crippen molar-refractivity contribution in [3.05, 3.63) is 57.6 Å². The number of halogens is 2. The van der Waals surface area contributed by atoms with Crippen LogP contribution in [0.5, 0.6) is 0 Å². The van der Waals surface area contributed by atoms with Crippen LogP contribution in [0.25, 0.3) is 0 Å². The van der Waals surface area contributed by atoms with Crippen LogP contribution in [0.15, 0.2) is 36.4 Å². The lowest BCUT2D eigenvalue weighted by atomic mass is 10.1. The quantitative estimate of drug-likeness (QED) is 0.705. The van der Waals surface area contributed by atoms with Gasteiger partial charge in [-0.05, 0) is 43.2 Å². The first kappa shape index (κ1) is 20.2. The number of quaternary nitrogens is 1. The van der Waals surface area contributed by atoms with Gasteiger partial charge in [-0.3, -0.25) is 9.59 Å². The van der Waals surface area contributed by atoms with E-state index in [1.165, 1.54) is 0 Å². The van der Waals surface area contributed by atoms with Gasteiger partial charge < -0.3 is 15.5 Å². The van der Waals surface area contributed by atoms with E-state index in [0.717, 1.165) is 21.7 Å². The number of likely N-dealkylation sites (N-methyl/N-ethyl adjacent to an activating group) is 1. The summed E-state index contributed by atoms with van der Waals surface area (Å²) in [5.74, 6) is -0.371. The Kier molecular flexibility index (Phi) is 7.03. The van der Waals surface area contributed by atoms with E-state index in [-0.39, 0.29) is 24.9 Å². The summed E-state index contributed by atoms with van der Waals surface area (Å²) in [4.78, 5) is 25.2. The Morgan fingerprint density at radius 1 is 0.962 bits per heavy atom. The molecule has 1 atom stereocenters. The van der Waals surface area contributed by atoms with Crippen LogP contribution in [-0.4, -0.2) is 32.0 Å². The first-order chi connectivity index (χ1) is 12.3. The highest BCUT2D eigenvalue weighted by molar-refractivity contribution is 6.36. The van der Waals surface area contributed by atoms with Gasteiger partial charge in [0.05, 0.1) is 17.8 Å². The molecule has 2 aromatic rings. The van der Waals surface area contributed by atoms with Gasteiger partial charge in [-0.25, -0.2) is 0 Å². The Balaban J connectivity index is 1.88. The fourth-order valence-electron chi connectivity index (χ4n) is 2.59. The van der Waals surface area contributed by atoms with Crippen molar-refractivity contribution in [2.75, 3.05) is 30.8 Å². The number of anilines is 2. The predicted molar refractivity (Wildman–Crippen MR) is 106 cm³/mol. The lowest BCUT2D eigenvalue weighted by molar-refractivity contribution is -0.862. The Morgan fingerprint density at radius 3 is 2.12 bits per heavy atom. The Hall–Kier alpha value is -2.08. The summed E-state index contributed by atoms with van der Waals surface area (Å²) in [7, 11) is 1.79. The molecule has 1 unspecified atom stereocenters. The van der Waals surface area contributed by atoms with E-state index in [0.29, 0.717) is 15.7 Å². The number of benzene rings is 2. The van der Waals surface area contributed by atoms with Crippen LogP contribution in [0.4, 0.5) is 11.4 Å². The monoisotopic (exact) mass is 394 g/mol. The topological polar surface area (TPSA) is 62.6 Å². The van der Waals surface area contributed by atoms with Gasteiger partial charge >= 0.3 is 0 Å². The van der Waals surface area contributed by atoms with Crippen molar-refractivity contribution in [2.45, 2.75) is 13.8 Å². The van der Waals surface area contributed by atoms with E-state index in [1.54, 1.807) is 25.2 Å². The molecule has 0 fully saturated rings. The number of rotatable bonds is 6. The van der Waals surface area contributed by atoms with Gasteiger partial charge in [0.1, 0.15) is 0 Å². The molecule has 0 bridgehead atoms. The number of hydrogen-bond donors (Lipinski definition) is 3. The first-order valence-corrected chi connectivity index (χ1v) is 8.94. The second kappa shape index (κ2) is 9.03. The van der Waals surface area contributed by atoms with Crippen molar-refractivity contribution in [3.63, 3.8) is 0 Å². The molecule has 138 valence electrons. The highest BCUT2D eigenvalue weighted by Crippen LogP contribution is 2.25. The third-order valence-electron chi connectivity index (χ3n) is 3.88. The van der Waals surface area contributed by atoms with Gasteiger partial charge in [0.25, 0.3) is 11.8 Å². The molecule has 7 heteroatoms. The summed E-state index contributed by atoms with van der Waals surface area (Å²) >= 11 is 11.9. The summed E-state index contributed by atoms with van der Waals surface area (Å²) in [5, 5.41) is 6.52. The van der Waals surface area contributed by atoms with Crippen LogP contribution >= 0.6 is 23.2 Å². The second-order valence-electron chi connectivity index (χ2n) is 6.30. The zero-order valence-corrected chi connectivity index (χ0v) is 16.5. The van der Waals surface area contributed by atoms with Gasteiger partial charge in [-0.2, -0.15) is 0 Å². The van der Waals surface area contributed by atoms with Crippen molar-refractivity contribution < 1.29 is 14.5 Å². The zero-order chi connectivity index (χ0) is 19.3. The summed E-state index contributed by atoms with van der Waals surface area (Å²) in [6.45, 7) is 4.21. The molecule has 0 saturated heterocycles. The van der Waals surface area contributed by atoms with Crippen molar-refractivity contribution in [1.29, 1.82) is 0 Å². The maximum atomic E-state index is 12.3. The summed E-state index contributed by atoms with van der Waals surface area (Å²) < 4.78 is 0. The SMILES string of the molecule is Cc1cccc(C)c1NC(=O)C[NH+](C)CC(=O)Nc1ccc(Cl)cc1Cl. The van der Waals surface area contributed by atoms with Crippen LogP contribution in [0.1, 0.15) is 11.1 Å². The number of nitrogens with one attached hydrogen (secondary N) is 3. The molecule has 0 spiro atoms. The number of carbonyl (C=O) groups excluding carboxylic acids is 2. The molecule has 0 aliphatic rings. The minimum atomic E-state index is -0.230. The lowest BCUT2D eigenvalue weighted by Crippen LogP contribution is -3.11. The highest BCUT2D eigenvalue weighted by atomic mass is 35.5. The zero-order valence-electron chi connectivity index (χ0n) is 15.0. The van der Waals surface area contributed by atoms with E-state index in [4.69, 9.17) is 23.2 Å². The van der Waals surface area contributed by atoms with Crippen molar-refractivity contribution in [1.82, 2.24) is 0 Å². The molecule has 2 amide bonds. The number of hydrogen-bond acceptors (Lipinski definition) is 2. The van der Waals surface area contributed by atoms with Crippen LogP contribution < -0.4 is 15.5 Å². The number of aryl methyl sites for hydroxylation is 2. The lowest BCUT2D eigenvalue weighted by Gasteiger charge is -2.16. The molecule has 2 rings (SSSR count). The Labute approximate surface area is 163 Å². The molecular formula is C19H22Cl2N3O2+. The van der Waals surface area contributed by atoms with Gasteiger partial charge in [0.2, 0.25) is 0 Å². The minimum Gasteiger partial charge on any atom is -0.322 e. The molecule has 3 N–H and O–H groups in total. The first-order valence-electron chi connectivity index (χ1n) is 8.18. The molecule has 0 aliphatic heterocycles. The highest BCUT2D eigenvalue weighted by Gasteiger charge is 2.16. The van der Waals surface area contributed by atoms with Gasteiger partial charge in [-0.15, -0.1) is 0 Å². The molecule has 2 aromatic carbocycles. The predicted octanol–water partition coefficient (Wildman–Crippen LogP) is 2.70. The normalized spacial score (nSPS) is 11.7. The largest absolute Gasteiger partial charge is 0.322 e. The molecule has 0 saturated carbocycles. The summed E-state index contributed by atoms with van der Waals surface area (Å²) in [6, 6.07) is 10.7. The van der Waals surface area contributed by atoms with Crippen molar-refractivity contribution in [2.24, 2.45) is 0 Å². The van der Waals surface area contributed by atoms with Crippen molar-refractivity contribution >= 4 is 46.4 Å². The van der Waals surface area contributed by atoms with Crippen LogP contribution in [-0.2, 0) is 9.59 Å². The summed E-state index contributed by atoms with van der Waals surface area (Å²) in [5.41, 5.74) is 3.33. The van der Waals surface area contributed by atoms with Crippen molar-refractivity contribution in [3.8, 4) is 0 Å². The maximum absolute atomic E-state index is 12.3. The molecule has 26 heavy (non-hydrogen) atoms. The smallest absolute Gasteiger partial charge is 0.279 e. The fourth-order valence-corrected chi connectivity index (χ4v) is 3.05. The minimum absolute atomic E-state index is 0.138. The number of carbonyl (C=O) groups is 2. The van der Waals surface area contributed by atoms with E-state index in [1.807, 2.05) is 32.0 Å². The molecule has 0 aromatic heterocycles.